The second-order valence-electron chi connectivity index (χ2n) is 6.68. The standard InChI is InChI=1S/C20H23F3N2O2S/c1-14(13-27-16-6-4-15(12-26)5-7-16)25-10-8-17(11-25)28-19-18(20(21,22)23)3-2-9-24-19/h2-7,9,17,19,24,26H,1,8,10-13H2. The number of aliphatic hydroxyl groups excluding tert-OH is 1. The van der Waals surface area contributed by atoms with Crippen molar-refractivity contribution in [3.63, 3.8) is 0 Å². The predicted molar refractivity (Wildman–Crippen MR) is 105 cm³/mol. The van der Waals surface area contributed by atoms with Gasteiger partial charge in [0, 0.05) is 24.0 Å². The van der Waals surface area contributed by atoms with E-state index in [1.165, 1.54) is 17.8 Å². The van der Waals surface area contributed by atoms with Gasteiger partial charge in [-0.1, -0.05) is 18.7 Å². The SMILES string of the molecule is C=C(COc1ccc(CO)cc1)N1CCC(SC2NC=CC=C2C(F)(F)F)C1. The molecule has 2 aliphatic rings. The Morgan fingerprint density at radius 1 is 1.32 bits per heavy atom. The highest BCUT2D eigenvalue weighted by Gasteiger charge is 2.40. The van der Waals surface area contributed by atoms with Gasteiger partial charge in [-0.2, -0.15) is 13.2 Å². The molecule has 1 aromatic carbocycles. The Bertz CT molecular complexity index is 747. The minimum atomic E-state index is -4.34. The van der Waals surface area contributed by atoms with E-state index in [0.717, 1.165) is 30.3 Å². The zero-order valence-electron chi connectivity index (χ0n) is 15.3. The van der Waals surface area contributed by atoms with Gasteiger partial charge in [0.25, 0.3) is 0 Å². The van der Waals surface area contributed by atoms with Crippen LogP contribution in [-0.4, -0.2) is 46.5 Å². The Kier molecular flexibility index (Phi) is 6.61. The molecule has 28 heavy (non-hydrogen) atoms. The largest absolute Gasteiger partial charge is 0.487 e. The van der Waals surface area contributed by atoms with Crippen molar-refractivity contribution < 1.29 is 23.0 Å². The summed E-state index contributed by atoms with van der Waals surface area (Å²) in [6.07, 6.45) is 0.524. The average Bonchev–Trinajstić information content (AvgIpc) is 3.14. The molecule has 1 saturated heterocycles. The van der Waals surface area contributed by atoms with Gasteiger partial charge >= 0.3 is 6.18 Å². The van der Waals surface area contributed by atoms with Crippen LogP contribution >= 0.6 is 11.8 Å². The molecule has 0 bridgehead atoms. The maximum Gasteiger partial charge on any atom is 0.415 e. The lowest BCUT2D eigenvalue weighted by Gasteiger charge is -2.27. The van der Waals surface area contributed by atoms with Gasteiger partial charge in [-0.15, -0.1) is 11.8 Å². The molecule has 1 fully saturated rings. The number of rotatable bonds is 7. The summed E-state index contributed by atoms with van der Waals surface area (Å²) in [5, 5.41) is 11.2. The van der Waals surface area contributed by atoms with Crippen LogP contribution in [0.4, 0.5) is 13.2 Å². The first kappa shape index (κ1) is 20.7. The molecule has 8 heteroatoms. The maximum absolute atomic E-state index is 13.2. The fourth-order valence-electron chi connectivity index (χ4n) is 3.10. The van der Waals surface area contributed by atoms with Gasteiger partial charge in [-0.05, 0) is 42.5 Å². The fourth-order valence-corrected chi connectivity index (χ4v) is 4.50. The molecule has 2 heterocycles. The molecule has 0 aliphatic carbocycles. The van der Waals surface area contributed by atoms with Crippen LogP contribution in [0.1, 0.15) is 12.0 Å². The van der Waals surface area contributed by atoms with Crippen LogP contribution in [0, 0.1) is 0 Å². The van der Waals surface area contributed by atoms with E-state index < -0.39 is 17.1 Å². The Balaban J connectivity index is 1.48. The molecular weight excluding hydrogens is 389 g/mol. The van der Waals surface area contributed by atoms with Crippen molar-refractivity contribution in [2.24, 2.45) is 0 Å². The van der Waals surface area contributed by atoms with Crippen LogP contribution in [0.25, 0.3) is 0 Å². The van der Waals surface area contributed by atoms with E-state index in [9.17, 15) is 13.2 Å². The van der Waals surface area contributed by atoms with Gasteiger partial charge < -0.3 is 20.1 Å². The van der Waals surface area contributed by atoms with Gasteiger partial charge in [0.05, 0.1) is 12.2 Å². The van der Waals surface area contributed by atoms with Gasteiger partial charge in [0.1, 0.15) is 17.7 Å². The summed E-state index contributed by atoms with van der Waals surface area (Å²) in [7, 11) is 0. The van der Waals surface area contributed by atoms with Crippen LogP contribution in [0.3, 0.4) is 0 Å². The number of allylic oxidation sites excluding steroid dienone is 2. The third-order valence-corrected chi connectivity index (χ3v) is 6.09. The summed E-state index contributed by atoms with van der Waals surface area (Å²) in [6, 6.07) is 7.15. The normalized spacial score (nSPS) is 22.0. The zero-order chi connectivity index (χ0) is 20.1. The minimum Gasteiger partial charge on any atom is -0.487 e. The van der Waals surface area contributed by atoms with Crippen LogP contribution in [0.5, 0.6) is 5.75 Å². The molecule has 2 atom stereocenters. The molecule has 2 N–H and O–H groups in total. The van der Waals surface area contributed by atoms with Gasteiger partial charge in [-0.25, -0.2) is 0 Å². The van der Waals surface area contributed by atoms with E-state index in [2.05, 4.69) is 16.8 Å². The Morgan fingerprint density at radius 3 is 2.75 bits per heavy atom. The quantitative estimate of drug-likeness (QED) is 0.713. The molecular formula is C20H23F3N2O2S. The van der Waals surface area contributed by atoms with Crippen molar-refractivity contribution in [1.82, 2.24) is 10.2 Å². The smallest absolute Gasteiger partial charge is 0.415 e. The number of benzene rings is 1. The number of hydrogen-bond donors (Lipinski definition) is 2. The van der Waals surface area contributed by atoms with E-state index in [-0.39, 0.29) is 11.9 Å². The molecule has 0 aromatic heterocycles. The van der Waals surface area contributed by atoms with E-state index in [0.29, 0.717) is 18.9 Å². The molecule has 0 amide bonds. The van der Waals surface area contributed by atoms with Crippen LogP contribution < -0.4 is 10.1 Å². The summed E-state index contributed by atoms with van der Waals surface area (Å²) >= 11 is 1.30. The van der Waals surface area contributed by atoms with E-state index in [1.54, 1.807) is 30.5 Å². The van der Waals surface area contributed by atoms with E-state index in [1.807, 2.05) is 0 Å². The topological polar surface area (TPSA) is 44.7 Å². The third kappa shape index (κ3) is 5.26. The first-order valence-corrected chi connectivity index (χ1v) is 9.92. The third-order valence-electron chi connectivity index (χ3n) is 4.66. The monoisotopic (exact) mass is 412 g/mol. The number of hydrogen-bond acceptors (Lipinski definition) is 5. The molecule has 2 unspecified atom stereocenters. The van der Waals surface area contributed by atoms with Crippen molar-refractivity contribution in [3.05, 3.63) is 66.0 Å². The molecule has 3 rings (SSSR count). The lowest BCUT2D eigenvalue weighted by atomic mass is 10.2. The first-order valence-electron chi connectivity index (χ1n) is 8.97. The van der Waals surface area contributed by atoms with Crippen LogP contribution in [-0.2, 0) is 6.61 Å². The number of thioether (sulfide) groups is 1. The molecule has 152 valence electrons. The number of likely N-dealkylation sites (tertiary alicyclic amines) is 1. The molecule has 0 saturated carbocycles. The van der Waals surface area contributed by atoms with Gasteiger partial charge in [0.2, 0.25) is 0 Å². The second-order valence-corrected chi connectivity index (χ2v) is 8.09. The number of dihydropyridines is 1. The van der Waals surface area contributed by atoms with Crippen LogP contribution in [0.2, 0.25) is 0 Å². The summed E-state index contributed by atoms with van der Waals surface area (Å²) < 4.78 is 45.2. The van der Waals surface area contributed by atoms with Crippen molar-refractivity contribution in [2.45, 2.75) is 29.8 Å². The number of halogens is 3. The van der Waals surface area contributed by atoms with Gasteiger partial charge in [0.15, 0.2) is 0 Å². The number of alkyl halides is 3. The molecule has 0 spiro atoms. The summed E-state index contributed by atoms with van der Waals surface area (Å²) in [5.74, 6) is 0.682. The lowest BCUT2D eigenvalue weighted by Crippen LogP contribution is -2.35. The fraction of sp³-hybridized carbons (Fsp3) is 0.400. The summed E-state index contributed by atoms with van der Waals surface area (Å²) in [6.45, 7) is 5.74. The molecule has 2 aliphatic heterocycles. The van der Waals surface area contributed by atoms with Crippen molar-refractivity contribution >= 4 is 11.8 Å². The number of nitrogens with zero attached hydrogens (tertiary/aromatic N) is 1. The Morgan fingerprint density at radius 2 is 2.07 bits per heavy atom. The van der Waals surface area contributed by atoms with Gasteiger partial charge in [-0.3, -0.25) is 0 Å². The van der Waals surface area contributed by atoms with Crippen molar-refractivity contribution in [3.8, 4) is 5.75 Å². The van der Waals surface area contributed by atoms with Crippen molar-refractivity contribution in [2.75, 3.05) is 19.7 Å². The average molecular weight is 412 g/mol. The summed E-state index contributed by atoms with van der Waals surface area (Å²) in [4.78, 5) is 2.06. The molecule has 1 aromatic rings. The highest BCUT2D eigenvalue weighted by Crippen LogP contribution is 2.38. The highest BCUT2D eigenvalue weighted by atomic mass is 32.2. The number of nitrogens with one attached hydrogen (secondary N) is 1. The van der Waals surface area contributed by atoms with Crippen molar-refractivity contribution in [1.29, 1.82) is 0 Å². The Hall–Kier alpha value is -2.06. The lowest BCUT2D eigenvalue weighted by molar-refractivity contribution is -0.0939. The van der Waals surface area contributed by atoms with Crippen LogP contribution in [0.15, 0.2) is 60.5 Å². The first-order chi connectivity index (χ1) is 13.4. The predicted octanol–water partition coefficient (Wildman–Crippen LogP) is 3.81. The van der Waals surface area contributed by atoms with E-state index in [4.69, 9.17) is 9.84 Å². The summed E-state index contributed by atoms with van der Waals surface area (Å²) in [5.41, 5.74) is 1.06. The maximum atomic E-state index is 13.2. The molecule has 4 nitrogen and oxygen atoms in total. The second kappa shape index (κ2) is 8.96. The number of aliphatic hydroxyl groups is 1. The van der Waals surface area contributed by atoms with E-state index >= 15 is 0 Å². The Labute approximate surface area is 166 Å². The zero-order valence-corrected chi connectivity index (χ0v) is 16.1. The molecule has 0 radical (unpaired) electrons. The number of ether oxygens (including phenoxy) is 1. The minimum absolute atomic E-state index is 0.0172. The highest BCUT2D eigenvalue weighted by molar-refractivity contribution is 8.00.